The zero-order valence-electron chi connectivity index (χ0n) is 20.4. The van der Waals surface area contributed by atoms with Gasteiger partial charge in [-0.15, -0.1) is 0 Å². The minimum atomic E-state index is -0.810. The van der Waals surface area contributed by atoms with Crippen LogP contribution in [0.1, 0.15) is 33.3 Å². The van der Waals surface area contributed by atoms with Crippen LogP contribution in [0.5, 0.6) is 11.5 Å². The summed E-state index contributed by atoms with van der Waals surface area (Å²) in [6, 6.07) is 26.9. The van der Waals surface area contributed by atoms with Gasteiger partial charge in [0.2, 0.25) is 5.76 Å². The first-order valence-electron chi connectivity index (χ1n) is 12.0. The van der Waals surface area contributed by atoms with Crippen molar-refractivity contribution in [2.75, 3.05) is 12.0 Å². The molecule has 0 saturated carbocycles. The van der Waals surface area contributed by atoms with Crippen molar-refractivity contribution in [2.45, 2.75) is 12.6 Å². The maximum atomic E-state index is 14.1. The molecule has 1 aliphatic heterocycles. The molecule has 6 rings (SSSR count). The van der Waals surface area contributed by atoms with E-state index in [-0.39, 0.29) is 22.3 Å². The van der Waals surface area contributed by atoms with Crippen LogP contribution in [0.25, 0.3) is 11.0 Å². The molecule has 0 radical (unpaired) electrons. The Labute approximate surface area is 217 Å². The summed E-state index contributed by atoms with van der Waals surface area (Å²) in [6.45, 7) is 0.360. The van der Waals surface area contributed by atoms with Crippen molar-refractivity contribution in [3.63, 3.8) is 0 Å². The number of carbonyl (C=O) groups is 1. The summed E-state index contributed by atoms with van der Waals surface area (Å²) in [7, 11) is 1.56. The molecule has 188 valence electrons. The van der Waals surface area contributed by atoms with Gasteiger partial charge in [-0.3, -0.25) is 14.5 Å². The summed E-state index contributed by atoms with van der Waals surface area (Å²) in [4.78, 5) is 29.0. The van der Waals surface area contributed by atoms with Crippen LogP contribution in [0.4, 0.5) is 10.1 Å². The van der Waals surface area contributed by atoms with Crippen LogP contribution in [0.3, 0.4) is 0 Å². The van der Waals surface area contributed by atoms with Crippen molar-refractivity contribution in [3.8, 4) is 11.5 Å². The molecule has 0 N–H and O–H groups in total. The van der Waals surface area contributed by atoms with Crippen molar-refractivity contribution < 1.29 is 23.1 Å². The van der Waals surface area contributed by atoms with Gasteiger partial charge in [-0.25, -0.2) is 4.39 Å². The van der Waals surface area contributed by atoms with Gasteiger partial charge in [-0.2, -0.15) is 0 Å². The third-order valence-corrected chi connectivity index (χ3v) is 6.60. The third kappa shape index (κ3) is 4.08. The smallest absolute Gasteiger partial charge is 0.295 e. The fraction of sp³-hybridized carbons (Fsp3) is 0.0968. The lowest BCUT2D eigenvalue weighted by Gasteiger charge is -2.25. The molecule has 1 aliphatic rings. The van der Waals surface area contributed by atoms with Gasteiger partial charge in [0.05, 0.1) is 24.1 Å². The highest BCUT2D eigenvalue weighted by Crippen LogP contribution is 2.42. The molecule has 0 bridgehead atoms. The Morgan fingerprint density at radius 1 is 0.868 bits per heavy atom. The molecule has 1 unspecified atom stereocenters. The molecule has 1 atom stereocenters. The Kier molecular flexibility index (Phi) is 5.88. The summed E-state index contributed by atoms with van der Waals surface area (Å²) in [5.41, 5.74) is 2.07. The number of halogens is 1. The Morgan fingerprint density at radius 2 is 1.66 bits per heavy atom. The first kappa shape index (κ1) is 23.5. The maximum Gasteiger partial charge on any atom is 0.295 e. The van der Waals surface area contributed by atoms with Gasteiger partial charge in [-0.05, 0) is 65.7 Å². The van der Waals surface area contributed by atoms with Crippen molar-refractivity contribution >= 4 is 22.6 Å². The standard InChI is InChI=1S/C31H22FNO5/c1-36-23-13-11-22(12-14-23)33-28(20-8-5-9-24(16-20)37-18-19-6-3-2-4-7-19)27-29(34)25-17-21(32)10-15-26(25)38-30(27)31(33)35/h2-17,28H,18H2,1H3. The van der Waals surface area contributed by atoms with Crippen molar-refractivity contribution in [2.24, 2.45) is 0 Å². The molecule has 4 aromatic carbocycles. The second-order valence-electron chi connectivity index (χ2n) is 8.94. The average molecular weight is 508 g/mol. The van der Waals surface area contributed by atoms with E-state index in [0.29, 0.717) is 29.4 Å². The lowest BCUT2D eigenvalue weighted by atomic mass is 9.98. The summed E-state index contributed by atoms with van der Waals surface area (Å²) in [5.74, 6) is 0.118. The van der Waals surface area contributed by atoms with Crippen molar-refractivity contribution in [3.05, 3.63) is 136 Å². The number of hydrogen-bond acceptors (Lipinski definition) is 5. The maximum absolute atomic E-state index is 14.1. The highest BCUT2D eigenvalue weighted by Gasteiger charge is 2.43. The number of amides is 1. The van der Waals surface area contributed by atoms with Crippen molar-refractivity contribution in [1.29, 1.82) is 0 Å². The van der Waals surface area contributed by atoms with Crippen LogP contribution in [-0.4, -0.2) is 13.0 Å². The van der Waals surface area contributed by atoms with Crippen LogP contribution in [-0.2, 0) is 6.61 Å². The lowest BCUT2D eigenvalue weighted by molar-refractivity contribution is 0.0971. The highest BCUT2D eigenvalue weighted by atomic mass is 19.1. The number of hydrogen-bond donors (Lipinski definition) is 0. The largest absolute Gasteiger partial charge is 0.497 e. The molecule has 6 nitrogen and oxygen atoms in total. The molecule has 38 heavy (non-hydrogen) atoms. The Balaban J connectivity index is 1.49. The Bertz CT molecular complexity index is 1710. The molecule has 0 aliphatic carbocycles. The highest BCUT2D eigenvalue weighted by molar-refractivity contribution is 6.10. The third-order valence-electron chi connectivity index (χ3n) is 6.60. The monoisotopic (exact) mass is 507 g/mol. The van der Waals surface area contributed by atoms with Gasteiger partial charge in [0.25, 0.3) is 5.91 Å². The van der Waals surface area contributed by atoms with Crippen molar-refractivity contribution in [1.82, 2.24) is 0 Å². The number of nitrogens with zero attached hydrogens (tertiary/aromatic N) is 1. The van der Waals surface area contributed by atoms with E-state index in [4.69, 9.17) is 13.9 Å². The molecule has 7 heteroatoms. The van der Waals surface area contributed by atoms with E-state index >= 15 is 0 Å². The van der Waals surface area contributed by atoms with Crippen LogP contribution in [0.15, 0.2) is 106 Å². The molecule has 5 aromatic rings. The summed E-state index contributed by atoms with van der Waals surface area (Å²) in [5, 5.41) is 0.0783. The first-order valence-corrected chi connectivity index (χ1v) is 12.0. The number of anilines is 1. The van der Waals surface area contributed by atoms with Gasteiger partial charge in [0.1, 0.15) is 29.5 Å². The number of methoxy groups -OCH3 is 1. The van der Waals surface area contributed by atoms with E-state index in [1.54, 1.807) is 31.4 Å². The Morgan fingerprint density at radius 3 is 2.42 bits per heavy atom. The normalized spacial score (nSPS) is 14.5. The van der Waals surface area contributed by atoms with Crippen LogP contribution >= 0.6 is 0 Å². The van der Waals surface area contributed by atoms with Crippen LogP contribution in [0.2, 0.25) is 0 Å². The molecule has 2 heterocycles. The summed E-state index contributed by atoms with van der Waals surface area (Å²) < 4.78 is 31.3. The second kappa shape index (κ2) is 9.52. The first-order chi connectivity index (χ1) is 18.5. The van der Waals surface area contributed by atoms with Gasteiger partial charge in [0, 0.05) is 5.69 Å². The summed E-state index contributed by atoms with van der Waals surface area (Å²) in [6.07, 6.45) is 0. The quantitative estimate of drug-likeness (QED) is 0.271. The SMILES string of the molecule is COc1ccc(N2C(=O)c3oc4ccc(F)cc4c(=O)c3C2c2cccc(OCc3ccccc3)c2)cc1. The number of benzene rings is 4. The van der Waals surface area contributed by atoms with E-state index in [1.807, 2.05) is 54.6 Å². The predicted molar refractivity (Wildman–Crippen MR) is 141 cm³/mol. The van der Waals surface area contributed by atoms with E-state index in [1.165, 1.54) is 17.0 Å². The second-order valence-corrected chi connectivity index (χ2v) is 8.94. The summed E-state index contributed by atoms with van der Waals surface area (Å²) >= 11 is 0. The van der Waals surface area contributed by atoms with E-state index < -0.39 is 23.2 Å². The van der Waals surface area contributed by atoms with Gasteiger partial charge in [0.15, 0.2) is 5.43 Å². The molecule has 1 aromatic heterocycles. The molecular weight excluding hydrogens is 485 g/mol. The van der Waals surface area contributed by atoms with E-state index in [9.17, 15) is 14.0 Å². The number of ether oxygens (including phenoxy) is 2. The zero-order valence-corrected chi connectivity index (χ0v) is 20.4. The van der Waals surface area contributed by atoms with Crippen LogP contribution < -0.4 is 19.8 Å². The lowest BCUT2D eigenvalue weighted by Crippen LogP contribution is -2.29. The zero-order chi connectivity index (χ0) is 26.2. The van der Waals surface area contributed by atoms with Gasteiger partial charge >= 0.3 is 0 Å². The van der Waals surface area contributed by atoms with Crippen LogP contribution in [0, 0.1) is 5.82 Å². The molecule has 1 amide bonds. The minimum Gasteiger partial charge on any atom is -0.497 e. The number of rotatable bonds is 6. The molecule has 0 fully saturated rings. The van der Waals surface area contributed by atoms with E-state index in [0.717, 1.165) is 11.6 Å². The van der Waals surface area contributed by atoms with Gasteiger partial charge in [-0.1, -0.05) is 42.5 Å². The average Bonchev–Trinajstić information content (AvgIpc) is 3.25. The fourth-order valence-electron chi connectivity index (χ4n) is 4.78. The fourth-order valence-corrected chi connectivity index (χ4v) is 4.78. The topological polar surface area (TPSA) is 69.0 Å². The predicted octanol–water partition coefficient (Wildman–Crippen LogP) is 6.27. The van der Waals surface area contributed by atoms with E-state index in [2.05, 4.69) is 0 Å². The number of fused-ring (bicyclic) bond motifs is 2. The minimum absolute atomic E-state index is 0.0643. The van der Waals surface area contributed by atoms with Gasteiger partial charge < -0.3 is 13.9 Å². The molecular formula is C31H22FNO5. The molecule has 0 spiro atoms. The number of carbonyl (C=O) groups excluding carboxylic acids is 1. The molecule has 0 saturated heterocycles. The Hall–Kier alpha value is -4.91.